The molecule has 1 fully saturated rings. The van der Waals surface area contributed by atoms with Gasteiger partial charge in [-0.25, -0.2) is 9.69 Å². The van der Waals surface area contributed by atoms with E-state index in [9.17, 15) is 9.59 Å². The fourth-order valence-corrected chi connectivity index (χ4v) is 1.18. The van der Waals surface area contributed by atoms with Crippen LogP contribution in [0.1, 0.15) is 27.2 Å². The van der Waals surface area contributed by atoms with E-state index in [1.54, 1.807) is 20.8 Å². The Hall–Kier alpha value is -1.10. The highest BCUT2D eigenvalue weighted by Gasteiger charge is 2.35. The van der Waals surface area contributed by atoms with Gasteiger partial charge in [-0.05, 0) is 20.8 Å². The Bertz CT molecular complexity index is 256. The molecule has 0 spiro atoms. The monoisotopic (exact) mass is 201 g/mol. The van der Waals surface area contributed by atoms with Crippen molar-refractivity contribution in [1.82, 2.24) is 4.90 Å². The number of imide groups is 1. The molecule has 0 aliphatic carbocycles. The third-order valence-electron chi connectivity index (χ3n) is 1.72. The maximum atomic E-state index is 11.4. The molecular weight excluding hydrogens is 186 g/mol. The van der Waals surface area contributed by atoms with Gasteiger partial charge in [0.25, 0.3) is 0 Å². The lowest BCUT2D eigenvalue weighted by Gasteiger charge is -2.23. The van der Waals surface area contributed by atoms with Crippen molar-refractivity contribution in [3.05, 3.63) is 0 Å². The molecule has 5 nitrogen and oxygen atoms in total. The lowest BCUT2D eigenvalue weighted by Crippen LogP contribution is -2.38. The van der Waals surface area contributed by atoms with Crippen LogP contribution < -0.4 is 0 Å². The molecule has 0 aromatic carbocycles. The molecule has 14 heavy (non-hydrogen) atoms. The van der Waals surface area contributed by atoms with Gasteiger partial charge in [-0.2, -0.15) is 0 Å². The van der Waals surface area contributed by atoms with E-state index < -0.39 is 17.8 Å². The summed E-state index contributed by atoms with van der Waals surface area (Å²) in [6.07, 6.45) is -1.44. The van der Waals surface area contributed by atoms with Crippen molar-refractivity contribution in [3.8, 4) is 0 Å². The van der Waals surface area contributed by atoms with Crippen molar-refractivity contribution in [2.24, 2.45) is 0 Å². The van der Waals surface area contributed by atoms with Crippen LogP contribution in [0, 0.1) is 0 Å². The molecule has 1 aliphatic heterocycles. The first kappa shape index (κ1) is 11.0. The van der Waals surface area contributed by atoms with E-state index in [1.807, 2.05) is 0 Å². The molecule has 1 atom stereocenters. The molecule has 0 bridgehead atoms. The van der Waals surface area contributed by atoms with Gasteiger partial charge in [0, 0.05) is 0 Å². The number of aliphatic hydroxyl groups excluding tert-OH is 1. The van der Waals surface area contributed by atoms with Gasteiger partial charge in [0.2, 0.25) is 5.91 Å². The fourth-order valence-electron chi connectivity index (χ4n) is 1.18. The fraction of sp³-hybridized carbons (Fsp3) is 0.778. The van der Waals surface area contributed by atoms with Gasteiger partial charge in [0.15, 0.2) is 0 Å². The number of ether oxygens (including phenoxy) is 1. The van der Waals surface area contributed by atoms with Crippen LogP contribution in [0.4, 0.5) is 4.79 Å². The maximum absolute atomic E-state index is 11.4. The molecule has 0 saturated carbocycles. The number of hydrogen-bond acceptors (Lipinski definition) is 4. The molecule has 2 amide bonds. The molecule has 80 valence electrons. The average Bonchev–Trinajstić information content (AvgIpc) is 2.26. The Kier molecular flexibility index (Phi) is 2.80. The normalized spacial score (nSPS) is 22.7. The van der Waals surface area contributed by atoms with Crippen LogP contribution >= 0.6 is 0 Å². The quantitative estimate of drug-likeness (QED) is 0.620. The first-order valence-electron chi connectivity index (χ1n) is 4.51. The molecule has 0 radical (unpaired) electrons. The lowest BCUT2D eigenvalue weighted by molar-refractivity contribution is -0.127. The molecule has 5 heteroatoms. The van der Waals surface area contributed by atoms with E-state index in [2.05, 4.69) is 0 Å². The van der Waals surface area contributed by atoms with Crippen LogP contribution in [0.25, 0.3) is 0 Å². The van der Waals surface area contributed by atoms with Crippen LogP contribution in [-0.2, 0) is 9.53 Å². The summed E-state index contributed by atoms with van der Waals surface area (Å²) < 4.78 is 5.00. The summed E-state index contributed by atoms with van der Waals surface area (Å²) in [5.41, 5.74) is -0.620. The van der Waals surface area contributed by atoms with Crippen LogP contribution in [0.15, 0.2) is 0 Å². The van der Waals surface area contributed by atoms with Gasteiger partial charge in [0.1, 0.15) is 5.60 Å². The highest BCUT2D eigenvalue weighted by Crippen LogP contribution is 2.16. The predicted octanol–water partition coefficient (Wildman–Crippen LogP) is 0.515. The minimum Gasteiger partial charge on any atom is -0.443 e. The summed E-state index contributed by atoms with van der Waals surface area (Å²) in [4.78, 5) is 23.5. The molecule has 1 aliphatic rings. The number of nitrogens with zero attached hydrogens (tertiary/aromatic N) is 1. The molecule has 1 N–H and O–H groups in total. The molecule has 0 unspecified atom stereocenters. The Balaban J connectivity index is 2.58. The smallest absolute Gasteiger partial charge is 0.417 e. The zero-order valence-corrected chi connectivity index (χ0v) is 8.61. The van der Waals surface area contributed by atoms with E-state index in [0.29, 0.717) is 0 Å². The van der Waals surface area contributed by atoms with Gasteiger partial charge >= 0.3 is 6.09 Å². The first-order chi connectivity index (χ1) is 6.29. The Labute approximate surface area is 82.6 Å². The molecule has 0 aromatic rings. The van der Waals surface area contributed by atoms with Crippen molar-refractivity contribution in [3.63, 3.8) is 0 Å². The first-order valence-corrected chi connectivity index (χ1v) is 4.51. The lowest BCUT2D eigenvalue weighted by atomic mass is 10.2. The number of hydrogen-bond donors (Lipinski definition) is 1. The maximum Gasteiger partial charge on any atom is 0.417 e. The van der Waals surface area contributed by atoms with Gasteiger partial charge in [0.05, 0.1) is 19.1 Å². The van der Waals surface area contributed by atoms with Crippen LogP contribution in [0.2, 0.25) is 0 Å². The molecule has 0 aromatic heterocycles. The van der Waals surface area contributed by atoms with Crippen LogP contribution in [0.5, 0.6) is 0 Å². The number of carbonyl (C=O) groups is 2. The molecule has 1 rings (SSSR count). The van der Waals surface area contributed by atoms with E-state index in [-0.39, 0.29) is 18.9 Å². The number of aliphatic hydroxyl groups is 1. The Morgan fingerprint density at radius 2 is 2.14 bits per heavy atom. The number of amides is 2. The van der Waals surface area contributed by atoms with Crippen molar-refractivity contribution >= 4 is 12.0 Å². The summed E-state index contributed by atoms with van der Waals surface area (Å²) in [6.45, 7) is 5.21. The largest absolute Gasteiger partial charge is 0.443 e. The van der Waals surface area contributed by atoms with Crippen molar-refractivity contribution in [1.29, 1.82) is 0 Å². The highest BCUT2D eigenvalue weighted by atomic mass is 16.6. The van der Waals surface area contributed by atoms with E-state index in [4.69, 9.17) is 9.84 Å². The van der Waals surface area contributed by atoms with Crippen molar-refractivity contribution < 1.29 is 19.4 Å². The standard InChI is InChI=1S/C9H15NO4/c1-9(2,3)14-8(13)10-5-6(11)4-7(10)12/h6,11H,4-5H2,1-3H3/t6-/m1/s1. The van der Waals surface area contributed by atoms with Crippen molar-refractivity contribution in [2.45, 2.75) is 38.9 Å². The summed E-state index contributed by atoms with van der Waals surface area (Å²) >= 11 is 0. The van der Waals surface area contributed by atoms with Crippen molar-refractivity contribution in [2.75, 3.05) is 6.54 Å². The number of rotatable bonds is 0. The van der Waals surface area contributed by atoms with Gasteiger partial charge in [-0.15, -0.1) is 0 Å². The van der Waals surface area contributed by atoms with Crippen LogP contribution in [0.3, 0.4) is 0 Å². The van der Waals surface area contributed by atoms with Gasteiger partial charge in [-0.1, -0.05) is 0 Å². The molecule has 1 saturated heterocycles. The third-order valence-corrected chi connectivity index (χ3v) is 1.72. The van der Waals surface area contributed by atoms with E-state index in [1.165, 1.54) is 0 Å². The number of likely N-dealkylation sites (tertiary alicyclic amines) is 1. The minimum atomic E-state index is -0.755. The predicted molar refractivity (Wildman–Crippen MR) is 48.6 cm³/mol. The third kappa shape index (κ3) is 2.70. The SMILES string of the molecule is CC(C)(C)OC(=O)N1C[C@H](O)CC1=O. The second-order valence-corrected chi connectivity index (χ2v) is 4.34. The summed E-state index contributed by atoms with van der Waals surface area (Å²) in [5, 5.41) is 9.15. The molecule has 1 heterocycles. The molecular formula is C9H15NO4. The Morgan fingerprint density at radius 3 is 2.50 bits per heavy atom. The summed E-state index contributed by atoms with van der Waals surface area (Å²) in [7, 11) is 0. The van der Waals surface area contributed by atoms with Crippen LogP contribution in [-0.4, -0.2) is 40.3 Å². The average molecular weight is 201 g/mol. The van der Waals surface area contributed by atoms with E-state index in [0.717, 1.165) is 4.90 Å². The second-order valence-electron chi connectivity index (χ2n) is 4.34. The van der Waals surface area contributed by atoms with E-state index >= 15 is 0 Å². The topological polar surface area (TPSA) is 66.8 Å². The number of carbonyl (C=O) groups excluding carboxylic acids is 2. The van der Waals surface area contributed by atoms with Gasteiger partial charge < -0.3 is 9.84 Å². The number of β-amino-alcohol motifs (C(OH)–C–C–N with tert-alkyl or cyclic N) is 1. The van der Waals surface area contributed by atoms with Gasteiger partial charge in [-0.3, -0.25) is 4.79 Å². The second kappa shape index (κ2) is 3.57. The summed E-state index contributed by atoms with van der Waals surface area (Å²) in [5.74, 6) is -0.383. The zero-order chi connectivity index (χ0) is 10.9. The summed E-state index contributed by atoms with van der Waals surface area (Å²) in [6, 6.07) is 0. The zero-order valence-electron chi connectivity index (χ0n) is 8.61. The highest BCUT2D eigenvalue weighted by molar-refractivity contribution is 5.94. The Morgan fingerprint density at radius 1 is 1.57 bits per heavy atom. The minimum absolute atomic E-state index is 0.000751.